The molecule has 0 bridgehead atoms. The number of aliphatic carboxylic acids is 1. The Balaban J connectivity index is 2.23. The van der Waals surface area contributed by atoms with E-state index in [-0.39, 0.29) is 5.92 Å². The molecule has 1 heterocycles. The van der Waals surface area contributed by atoms with E-state index < -0.39 is 17.5 Å². The molecule has 0 spiro atoms. The highest BCUT2D eigenvalue weighted by Gasteiger charge is 2.36. The predicted octanol–water partition coefficient (Wildman–Crippen LogP) is 2.48. The lowest BCUT2D eigenvalue weighted by Gasteiger charge is -2.22. The highest BCUT2D eigenvalue weighted by atomic mass is 16.5. The van der Waals surface area contributed by atoms with Crippen LogP contribution in [-0.4, -0.2) is 27.8 Å². The topological polar surface area (TPSA) is 85.5 Å². The number of hydrogen-bond donors (Lipinski definition) is 1. The molecule has 0 saturated carbocycles. The lowest BCUT2D eigenvalue weighted by Crippen LogP contribution is -2.25. The SMILES string of the molecule is CCOC(C)(C)c1noc(C2CC=CCC2C(=O)O)n1. The lowest BCUT2D eigenvalue weighted by atomic mass is 9.83. The smallest absolute Gasteiger partial charge is 0.307 e. The van der Waals surface area contributed by atoms with Crippen molar-refractivity contribution >= 4 is 5.97 Å². The molecular formula is C14H20N2O4. The van der Waals surface area contributed by atoms with E-state index in [2.05, 4.69) is 10.1 Å². The quantitative estimate of drug-likeness (QED) is 0.834. The van der Waals surface area contributed by atoms with Crippen molar-refractivity contribution in [3.8, 4) is 0 Å². The van der Waals surface area contributed by atoms with Gasteiger partial charge in [0, 0.05) is 6.61 Å². The zero-order valence-electron chi connectivity index (χ0n) is 12.0. The second-order valence-electron chi connectivity index (χ2n) is 5.39. The van der Waals surface area contributed by atoms with E-state index >= 15 is 0 Å². The molecule has 6 nitrogen and oxygen atoms in total. The molecule has 1 aliphatic carbocycles. The summed E-state index contributed by atoms with van der Waals surface area (Å²) in [6.45, 7) is 6.16. The second-order valence-corrected chi connectivity index (χ2v) is 5.39. The van der Waals surface area contributed by atoms with Crippen LogP contribution in [0.25, 0.3) is 0 Å². The molecule has 0 saturated heterocycles. The number of carboxylic acid groups (broad SMARTS) is 1. The molecule has 1 aromatic rings. The first-order valence-corrected chi connectivity index (χ1v) is 6.81. The molecule has 2 atom stereocenters. The highest BCUT2D eigenvalue weighted by molar-refractivity contribution is 5.71. The minimum absolute atomic E-state index is 0.267. The fourth-order valence-electron chi connectivity index (χ4n) is 2.42. The van der Waals surface area contributed by atoms with E-state index in [1.54, 1.807) is 0 Å². The monoisotopic (exact) mass is 280 g/mol. The van der Waals surface area contributed by atoms with E-state index in [1.807, 2.05) is 32.9 Å². The number of hydrogen-bond acceptors (Lipinski definition) is 5. The Morgan fingerprint density at radius 3 is 2.85 bits per heavy atom. The molecule has 6 heteroatoms. The zero-order valence-corrected chi connectivity index (χ0v) is 12.0. The van der Waals surface area contributed by atoms with Crippen molar-refractivity contribution in [2.45, 2.75) is 45.1 Å². The minimum atomic E-state index is -0.830. The summed E-state index contributed by atoms with van der Waals surface area (Å²) in [6, 6.07) is 0. The van der Waals surface area contributed by atoms with Gasteiger partial charge in [-0.1, -0.05) is 17.3 Å². The third kappa shape index (κ3) is 2.90. The fraction of sp³-hybridized carbons (Fsp3) is 0.643. The second kappa shape index (κ2) is 5.75. The maximum absolute atomic E-state index is 11.3. The van der Waals surface area contributed by atoms with Crippen LogP contribution in [-0.2, 0) is 15.1 Å². The highest BCUT2D eigenvalue weighted by Crippen LogP contribution is 2.35. The first-order valence-electron chi connectivity index (χ1n) is 6.81. The van der Waals surface area contributed by atoms with Crippen molar-refractivity contribution in [2.24, 2.45) is 5.92 Å². The number of rotatable bonds is 5. The van der Waals surface area contributed by atoms with Crippen molar-refractivity contribution in [1.29, 1.82) is 0 Å². The van der Waals surface area contributed by atoms with Gasteiger partial charge in [0.1, 0.15) is 5.60 Å². The van der Waals surface area contributed by atoms with Gasteiger partial charge in [-0.2, -0.15) is 4.98 Å². The molecule has 0 aliphatic heterocycles. The molecular weight excluding hydrogens is 260 g/mol. The van der Waals surface area contributed by atoms with Crippen LogP contribution >= 0.6 is 0 Å². The predicted molar refractivity (Wildman–Crippen MR) is 71.2 cm³/mol. The van der Waals surface area contributed by atoms with Gasteiger partial charge in [-0.25, -0.2) is 0 Å². The van der Waals surface area contributed by atoms with Gasteiger partial charge in [0.2, 0.25) is 11.7 Å². The number of ether oxygens (including phenoxy) is 1. The summed E-state index contributed by atoms with van der Waals surface area (Å²) in [7, 11) is 0. The summed E-state index contributed by atoms with van der Waals surface area (Å²) in [5, 5.41) is 13.2. The molecule has 1 N–H and O–H groups in total. The van der Waals surface area contributed by atoms with E-state index in [1.165, 1.54) is 0 Å². The molecule has 0 aromatic carbocycles. The van der Waals surface area contributed by atoms with Crippen LogP contribution in [0.3, 0.4) is 0 Å². The van der Waals surface area contributed by atoms with Gasteiger partial charge in [-0.15, -0.1) is 0 Å². The Morgan fingerprint density at radius 1 is 1.50 bits per heavy atom. The summed E-state index contributed by atoms with van der Waals surface area (Å²) >= 11 is 0. The van der Waals surface area contributed by atoms with Crippen molar-refractivity contribution in [2.75, 3.05) is 6.61 Å². The first kappa shape index (κ1) is 14.7. The summed E-state index contributed by atoms with van der Waals surface area (Å²) < 4.78 is 10.9. The Hall–Kier alpha value is -1.69. The molecule has 0 amide bonds. The molecule has 0 fully saturated rings. The van der Waals surface area contributed by atoms with Crippen LogP contribution in [0.5, 0.6) is 0 Å². The van der Waals surface area contributed by atoms with E-state index in [0.29, 0.717) is 31.2 Å². The summed E-state index contributed by atoms with van der Waals surface area (Å²) in [5.41, 5.74) is -0.639. The first-order chi connectivity index (χ1) is 9.45. The Kier molecular flexibility index (Phi) is 4.23. The summed E-state index contributed by atoms with van der Waals surface area (Å²) in [4.78, 5) is 15.7. The molecule has 2 rings (SSSR count). The normalized spacial score (nSPS) is 22.9. The molecule has 1 aromatic heterocycles. The van der Waals surface area contributed by atoms with Gasteiger partial charge in [0.25, 0.3) is 0 Å². The largest absolute Gasteiger partial charge is 0.481 e. The zero-order chi connectivity index (χ0) is 14.8. The third-order valence-corrected chi connectivity index (χ3v) is 3.55. The van der Waals surface area contributed by atoms with E-state index in [9.17, 15) is 9.90 Å². The van der Waals surface area contributed by atoms with Gasteiger partial charge in [-0.3, -0.25) is 4.79 Å². The van der Waals surface area contributed by atoms with Gasteiger partial charge in [0.15, 0.2) is 0 Å². The van der Waals surface area contributed by atoms with Crippen molar-refractivity contribution < 1.29 is 19.2 Å². The van der Waals surface area contributed by atoms with Gasteiger partial charge >= 0.3 is 5.97 Å². The fourth-order valence-corrected chi connectivity index (χ4v) is 2.42. The number of allylic oxidation sites excluding steroid dienone is 2. The van der Waals surface area contributed by atoms with Crippen molar-refractivity contribution in [1.82, 2.24) is 10.1 Å². The average Bonchev–Trinajstić information content (AvgIpc) is 2.89. The number of carboxylic acids is 1. The maximum Gasteiger partial charge on any atom is 0.307 e. The van der Waals surface area contributed by atoms with Crippen LogP contribution in [0, 0.1) is 5.92 Å². The third-order valence-electron chi connectivity index (χ3n) is 3.55. The number of carbonyl (C=O) groups is 1. The van der Waals surface area contributed by atoms with Crippen LogP contribution in [0.15, 0.2) is 16.7 Å². The van der Waals surface area contributed by atoms with Crippen LogP contribution < -0.4 is 0 Å². The molecule has 1 aliphatic rings. The Bertz CT molecular complexity index is 507. The van der Waals surface area contributed by atoms with Crippen molar-refractivity contribution in [3.63, 3.8) is 0 Å². The van der Waals surface area contributed by atoms with E-state index in [0.717, 1.165) is 0 Å². The van der Waals surface area contributed by atoms with E-state index in [4.69, 9.17) is 9.26 Å². The van der Waals surface area contributed by atoms with Gasteiger partial charge in [-0.05, 0) is 33.6 Å². The van der Waals surface area contributed by atoms with Gasteiger partial charge in [0.05, 0.1) is 11.8 Å². The average molecular weight is 280 g/mol. The molecule has 110 valence electrons. The number of aromatic nitrogens is 2. The molecule has 20 heavy (non-hydrogen) atoms. The molecule has 0 radical (unpaired) electrons. The van der Waals surface area contributed by atoms with Crippen LogP contribution in [0.4, 0.5) is 0 Å². The van der Waals surface area contributed by atoms with Crippen LogP contribution in [0.2, 0.25) is 0 Å². The molecule has 2 unspecified atom stereocenters. The minimum Gasteiger partial charge on any atom is -0.481 e. The number of nitrogens with zero attached hydrogens (tertiary/aromatic N) is 2. The van der Waals surface area contributed by atoms with Gasteiger partial charge < -0.3 is 14.4 Å². The summed E-state index contributed by atoms with van der Waals surface area (Å²) in [6.07, 6.45) is 4.94. The summed E-state index contributed by atoms with van der Waals surface area (Å²) in [5.74, 6) is -0.777. The Morgan fingerprint density at radius 2 is 2.20 bits per heavy atom. The lowest BCUT2D eigenvalue weighted by molar-refractivity contribution is -0.142. The standard InChI is InChI=1S/C14H20N2O4/c1-4-19-14(2,3)13-15-11(20-16-13)9-7-5-6-8-10(9)12(17)18/h5-6,9-10H,4,7-8H2,1-3H3,(H,17,18). The maximum atomic E-state index is 11.3. The van der Waals surface area contributed by atoms with Crippen molar-refractivity contribution in [3.05, 3.63) is 23.9 Å². The Labute approximate surface area is 117 Å². The van der Waals surface area contributed by atoms with Crippen LogP contribution in [0.1, 0.15) is 51.2 Å².